The fourth-order valence-corrected chi connectivity index (χ4v) is 4.05. The Morgan fingerprint density at radius 1 is 0.931 bits per heavy atom. The molecule has 2 rings (SSSR count). The lowest BCUT2D eigenvalue weighted by Crippen LogP contribution is -2.43. The third kappa shape index (κ3) is 6.85. The molecule has 8 heteroatoms. The zero-order chi connectivity index (χ0) is 21.4. The summed E-state index contributed by atoms with van der Waals surface area (Å²) in [6, 6.07) is 10.5. The van der Waals surface area contributed by atoms with Crippen LogP contribution in [0.15, 0.2) is 46.2 Å². The van der Waals surface area contributed by atoms with Crippen LogP contribution in [0.2, 0.25) is 10.0 Å². The Morgan fingerprint density at radius 3 is 1.93 bits per heavy atom. The average molecular weight is 471 g/mol. The third-order valence-corrected chi connectivity index (χ3v) is 6.43. The Hall–Kier alpha value is -1.34. The summed E-state index contributed by atoms with van der Waals surface area (Å²) in [6.45, 7) is 2.33. The minimum Gasteiger partial charge on any atom is -0.350 e. The van der Waals surface area contributed by atoms with Gasteiger partial charge in [-0.2, -0.15) is 0 Å². The second kappa shape index (κ2) is 11.7. The molecule has 0 radical (unpaired) electrons. The van der Waals surface area contributed by atoms with Crippen molar-refractivity contribution in [1.29, 1.82) is 0 Å². The molecule has 0 fully saturated rings. The van der Waals surface area contributed by atoms with Crippen molar-refractivity contribution in [2.45, 2.75) is 35.6 Å². The summed E-state index contributed by atoms with van der Waals surface area (Å²) in [5.41, 5.74) is 0.859. The highest BCUT2D eigenvalue weighted by Crippen LogP contribution is 2.24. The first-order valence-corrected chi connectivity index (χ1v) is 12.4. The number of hydrogen-bond donors (Lipinski definition) is 2. The molecule has 4 nitrogen and oxygen atoms in total. The highest BCUT2D eigenvalue weighted by atomic mass is 35.5. The monoisotopic (exact) mass is 470 g/mol. The fraction of sp³-hybridized carbons (Fsp3) is 0.333. The molecule has 1 atom stereocenters. The van der Waals surface area contributed by atoms with Crippen LogP contribution in [0.4, 0.5) is 0 Å². The second-order valence-corrected chi connectivity index (χ2v) is 8.93. The summed E-state index contributed by atoms with van der Waals surface area (Å²) in [5.74, 6) is -0.510. The fourth-order valence-electron chi connectivity index (χ4n) is 2.76. The van der Waals surface area contributed by atoms with Gasteiger partial charge in [0, 0.05) is 22.4 Å². The average Bonchev–Trinajstić information content (AvgIpc) is 2.72. The van der Waals surface area contributed by atoms with Crippen LogP contribution in [0, 0.1) is 0 Å². The highest BCUT2D eigenvalue weighted by molar-refractivity contribution is 7.98. The minimum atomic E-state index is -0.260. The molecule has 156 valence electrons. The lowest BCUT2D eigenvalue weighted by atomic mass is 10.1. The number of benzene rings is 2. The van der Waals surface area contributed by atoms with Crippen LogP contribution in [0.1, 0.15) is 40.5 Å². The second-order valence-electron chi connectivity index (χ2n) is 6.36. The van der Waals surface area contributed by atoms with Crippen LogP contribution in [0.5, 0.6) is 0 Å². The Bertz CT molecular complexity index is 878. The van der Waals surface area contributed by atoms with Crippen LogP contribution < -0.4 is 10.6 Å². The van der Waals surface area contributed by atoms with E-state index in [0.29, 0.717) is 27.7 Å². The maximum atomic E-state index is 12.7. The van der Waals surface area contributed by atoms with E-state index in [1.807, 2.05) is 31.6 Å². The predicted octanol–water partition coefficient (Wildman–Crippen LogP) is 5.77. The van der Waals surface area contributed by atoms with Gasteiger partial charge in [-0.1, -0.05) is 36.5 Å². The van der Waals surface area contributed by atoms with Gasteiger partial charge in [-0.25, -0.2) is 0 Å². The highest BCUT2D eigenvalue weighted by Gasteiger charge is 2.18. The first kappa shape index (κ1) is 23.9. The molecule has 2 amide bonds. The summed E-state index contributed by atoms with van der Waals surface area (Å²) in [4.78, 5) is 27.2. The normalized spacial score (nSPS) is 11.8. The van der Waals surface area contributed by atoms with Crippen molar-refractivity contribution in [2.24, 2.45) is 0 Å². The van der Waals surface area contributed by atoms with Gasteiger partial charge >= 0.3 is 0 Å². The molecule has 0 aromatic heterocycles. The third-order valence-electron chi connectivity index (χ3n) is 4.32. The van der Waals surface area contributed by atoms with Gasteiger partial charge in [0.05, 0.1) is 21.2 Å². The van der Waals surface area contributed by atoms with Crippen LogP contribution in [0.3, 0.4) is 0 Å². The van der Waals surface area contributed by atoms with E-state index in [9.17, 15) is 9.59 Å². The Labute approximate surface area is 190 Å². The van der Waals surface area contributed by atoms with Crippen molar-refractivity contribution in [2.75, 3.05) is 19.1 Å². The van der Waals surface area contributed by atoms with Gasteiger partial charge < -0.3 is 10.6 Å². The van der Waals surface area contributed by atoms with Gasteiger partial charge in [0.25, 0.3) is 11.8 Å². The number of halogens is 2. The molecule has 0 saturated heterocycles. The number of thioether (sulfide) groups is 2. The topological polar surface area (TPSA) is 58.2 Å². The molecule has 0 aliphatic rings. The zero-order valence-electron chi connectivity index (χ0n) is 16.6. The first-order valence-electron chi connectivity index (χ1n) is 9.15. The lowest BCUT2D eigenvalue weighted by molar-refractivity contribution is 0.0906. The number of amides is 2. The molecule has 0 saturated carbocycles. The molecule has 2 N–H and O–H groups in total. The molecule has 0 spiro atoms. The standard InChI is InChI=1S/C21H24Cl2N2O2S2/c1-4-5-13(25-21(27)17-11-15(29-3)7-9-19(17)23)12-24-20(26)16-10-14(28-2)6-8-18(16)22/h6-11,13H,4-5,12H2,1-3H3,(H,24,26)(H,25,27). The van der Waals surface area contributed by atoms with Crippen molar-refractivity contribution in [3.05, 3.63) is 57.6 Å². The van der Waals surface area contributed by atoms with Gasteiger partial charge in [0.2, 0.25) is 0 Å². The maximum Gasteiger partial charge on any atom is 0.253 e. The summed E-state index contributed by atoms with van der Waals surface area (Å²) >= 11 is 15.5. The van der Waals surface area contributed by atoms with Crippen LogP contribution in [-0.4, -0.2) is 36.9 Å². The summed E-state index contributed by atoms with van der Waals surface area (Å²) in [6.07, 6.45) is 5.47. The molecule has 0 bridgehead atoms. The molecule has 2 aromatic rings. The van der Waals surface area contributed by atoms with Crippen molar-refractivity contribution in [3.8, 4) is 0 Å². The van der Waals surface area contributed by atoms with Crippen molar-refractivity contribution in [1.82, 2.24) is 10.6 Å². The molecule has 1 unspecified atom stereocenters. The predicted molar refractivity (Wildman–Crippen MR) is 125 cm³/mol. The molecule has 0 aliphatic heterocycles. The molecule has 0 aliphatic carbocycles. The molecular weight excluding hydrogens is 447 g/mol. The Morgan fingerprint density at radius 2 is 1.45 bits per heavy atom. The van der Waals surface area contributed by atoms with E-state index in [4.69, 9.17) is 23.2 Å². The number of hydrogen-bond acceptors (Lipinski definition) is 4. The van der Waals surface area contributed by atoms with Crippen molar-refractivity contribution < 1.29 is 9.59 Å². The Kier molecular flexibility index (Phi) is 9.69. The summed E-state index contributed by atoms with van der Waals surface area (Å²) in [7, 11) is 0. The van der Waals surface area contributed by atoms with Crippen molar-refractivity contribution in [3.63, 3.8) is 0 Å². The molecule has 29 heavy (non-hydrogen) atoms. The van der Waals surface area contributed by atoms with E-state index in [1.165, 1.54) is 0 Å². The quantitative estimate of drug-likeness (QED) is 0.456. The van der Waals surface area contributed by atoms with E-state index >= 15 is 0 Å². The number of carbonyl (C=O) groups excluding carboxylic acids is 2. The maximum absolute atomic E-state index is 12.7. The number of nitrogens with one attached hydrogen (secondary N) is 2. The molecule has 2 aromatic carbocycles. The first-order chi connectivity index (χ1) is 13.9. The smallest absolute Gasteiger partial charge is 0.253 e. The van der Waals surface area contributed by atoms with Gasteiger partial charge in [0.1, 0.15) is 0 Å². The van der Waals surface area contributed by atoms with Gasteiger partial charge in [-0.15, -0.1) is 23.5 Å². The van der Waals surface area contributed by atoms with Crippen LogP contribution in [-0.2, 0) is 0 Å². The van der Waals surface area contributed by atoms with E-state index in [1.54, 1.807) is 47.8 Å². The molecular formula is C21H24Cl2N2O2S2. The van der Waals surface area contributed by atoms with E-state index < -0.39 is 0 Å². The lowest BCUT2D eigenvalue weighted by Gasteiger charge is -2.20. The largest absolute Gasteiger partial charge is 0.350 e. The van der Waals surface area contributed by atoms with Gasteiger partial charge in [-0.3, -0.25) is 9.59 Å². The minimum absolute atomic E-state index is 0.215. The van der Waals surface area contributed by atoms with E-state index in [-0.39, 0.29) is 17.9 Å². The van der Waals surface area contributed by atoms with E-state index in [0.717, 1.165) is 22.6 Å². The van der Waals surface area contributed by atoms with E-state index in [2.05, 4.69) is 10.6 Å². The Balaban J connectivity index is 2.07. The summed E-state index contributed by atoms with van der Waals surface area (Å²) < 4.78 is 0. The summed E-state index contributed by atoms with van der Waals surface area (Å²) in [5, 5.41) is 6.67. The number of rotatable bonds is 9. The van der Waals surface area contributed by atoms with Gasteiger partial charge in [-0.05, 0) is 55.3 Å². The SMILES string of the molecule is CCCC(CNC(=O)c1cc(SC)ccc1Cl)NC(=O)c1cc(SC)ccc1Cl. The number of carbonyl (C=O) groups is 2. The van der Waals surface area contributed by atoms with Gasteiger partial charge in [0.15, 0.2) is 0 Å². The zero-order valence-corrected chi connectivity index (χ0v) is 19.7. The van der Waals surface area contributed by atoms with Crippen LogP contribution in [0.25, 0.3) is 0 Å². The van der Waals surface area contributed by atoms with Crippen LogP contribution >= 0.6 is 46.7 Å². The van der Waals surface area contributed by atoms with Crippen molar-refractivity contribution >= 4 is 58.5 Å². The molecule has 0 heterocycles.